The average molecular weight is 520 g/mol. The van der Waals surface area contributed by atoms with Crippen LogP contribution < -0.4 is 236 Å². The molecule has 0 aliphatic rings. The van der Waals surface area contributed by atoms with Crippen LogP contribution in [-0.2, 0) is 0 Å². The van der Waals surface area contributed by atoms with Gasteiger partial charge in [0.1, 0.15) is 0 Å². The van der Waals surface area contributed by atoms with Gasteiger partial charge in [0.05, 0.1) is 0 Å². The number of halogens is 9. The van der Waals surface area contributed by atoms with E-state index in [1.807, 2.05) is 0 Å². The minimum Gasteiger partial charge on any atom is -1.00 e. The van der Waals surface area contributed by atoms with E-state index in [-0.39, 0.29) is 360 Å². The summed E-state index contributed by atoms with van der Waals surface area (Å²) in [6.45, 7) is 0. The van der Waals surface area contributed by atoms with Crippen molar-refractivity contribution in [3.8, 4) is 0 Å². The summed E-state index contributed by atoms with van der Waals surface area (Å²) in [5.74, 6) is 0. The van der Waals surface area contributed by atoms with Crippen molar-refractivity contribution >= 4 is 112 Å². The molecular formula is H17Cl9Na8. The molecule has 0 radical (unpaired) electrons. The van der Waals surface area contributed by atoms with Crippen molar-refractivity contribution in [1.29, 1.82) is 0 Å². The van der Waals surface area contributed by atoms with Crippen LogP contribution in [0.1, 0.15) is 11.4 Å². The zero-order chi connectivity index (χ0) is 0. The molecule has 0 unspecified atom stereocenters. The first-order valence-electron chi connectivity index (χ1n) is 0. The van der Waals surface area contributed by atoms with Crippen LogP contribution in [0.2, 0.25) is 0 Å². The zero-order valence-electron chi connectivity index (χ0n) is 19.7. The Morgan fingerprint density at radius 2 is 0.176 bits per heavy atom. The molecule has 0 aliphatic heterocycles. The summed E-state index contributed by atoms with van der Waals surface area (Å²) in [7, 11) is 0. The van der Waals surface area contributed by atoms with E-state index in [1.54, 1.807) is 0 Å². The molecule has 0 saturated carbocycles. The van der Waals surface area contributed by atoms with Crippen LogP contribution >= 0.6 is 112 Å². The molecule has 0 heterocycles. The van der Waals surface area contributed by atoms with Crippen molar-refractivity contribution < 1.29 is 248 Å². The molecule has 0 rings (SSSR count). The van der Waals surface area contributed by atoms with E-state index in [4.69, 9.17) is 0 Å². The summed E-state index contributed by atoms with van der Waals surface area (Å²) in [6, 6.07) is 0. The first kappa shape index (κ1) is 174. The Bertz CT molecular complexity index is 39.6. The Balaban J connectivity index is 0. The van der Waals surface area contributed by atoms with Crippen LogP contribution in [0.5, 0.6) is 0 Å². The Morgan fingerprint density at radius 1 is 0.176 bits per heavy atom. The van der Waals surface area contributed by atoms with Gasteiger partial charge in [-0.1, -0.05) is 0 Å². The summed E-state index contributed by atoms with van der Waals surface area (Å²) >= 11 is 0. The Labute approximate surface area is 350 Å². The predicted molar refractivity (Wildman–Crippen MR) is 74.1 cm³/mol. The molecule has 0 atom stereocenters. The van der Waals surface area contributed by atoms with Gasteiger partial charge < -0.3 is 11.4 Å². The Morgan fingerprint density at radius 3 is 0.176 bits per heavy atom. The third-order valence-electron chi connectivity index (χ3n) is 0. The van der Waals surface area contributed by atoms with E-state index >= 15 is 0 Å². The Kier molecular flexibility index (Phi) is 1580. The minimum absolute atomic E-state index is 0. The van der Waals surface area contributed by atoms with Gasteiger partial charge >= 0.3 is 236 Å². The fraction of sp³-hybridized carbons (Fsp3) is 0. The molecule has 17 heteroatoms. The van der Waals surface area contributed by atoms with Crippen LogP contribution in [-0.4, -0.2) is 0 Å². The second-order valence-electron chi connectivity index (χ2n) is 0. The largest absolute Gasteiger partial charge is 1.00 e. The maximum Gasteiger partial charge on any atom is 1.00 e. The van der Waals surface area contributed by atoms with Crippen molar-refractivity contribution in [3.63, 3.8) is 0 Å². The van der Waals surface area contributed by atoms with Gasteiger partial charge in [-0.15, -0.1) is 112 Å². The molecule has 0 aromatic heterocycles. The van der Waals surface area contributed by atoms with E-state index in [2.05, 4.69) is 0 Å². The van der Waals surface area contributed by atoms with E-state index in [0.717, 1.165) is 0 Å². The maximum atomic E-state index is 0. The number of hydrogen-bond acceptors (Lipinski definition) is 0. The van der Waals surface area contributed by atoms with Gasteiger partial charge in [0.15, 0.2) is 0 Å². The normalized spacial score (nSPS) is 0. The number of rotatable bonds is 0. The second kappa shape index (κ2) is 155. The smallest absolute Gasteiger partial charge is 1.00 e. The predicted octanol–water partition coefficient (Wildman–Crippen LogP) is -19.3. The van der Waals surface area contributed by atoms with Crippen LogP contribution in [0.25, 0.3) is 0 Å². The standard InChI is InChI=1S/9ClH.8Na.8H/h9*1H;;;;;;;;;;;;;;;;/q;;;;;;;;;8*+1;8*-1. The molecule has 0 nitrogen and oxygen atoms in total. The second-order valence-corrected chi connectivity index (χ2v) is 0. The van der Waals surface area contributed by atoms with Crippen molar-refractivity contribution in [2.75, 3.05) is 0 Å². The molecule has 17 heavy (non-hydrogen) atoms. The van der Waals surface area contributed by atoms with Crippen molar-refractivity contribution in [2.24, 2.45) is 0 Å². The van der Waals surface area contributed by atoms with Crippen molar-refractivity contribution in [3.05, 3.63) is 0 Å². The van der Waals surface area contributed by atoms with E-state index in [9.17, 15) is 0 Å². The molecule has 0 spiro atoms. The van der Waals surface area contributed by atoms with Gasteiger partial charge in [0, 0.05) is 0 Å². The van der Waals surface area contributed by atoms with Gasteiger partial charge in [-0.05, 0) is 0 Å². The fourth-order valence-electron chi connectivity index (χ4n) is 0. The fourth-order valence-corrected chi connectivity index (χ4v) is 0. The number of hydrogen-bond donors (Lipinski definition) is 0. The molecule has 0 aliphatic carbocycles. The molecule has 0 fully saturated rings. The maximum absolute atomic E-state index is 0. The van der Waals surface area contributed by atoms with Crippen LogP contribution in [0, 0.1) is 0 Å². The van der Waals surface area contributed by atoms with E-state index in [1.165, 1.54) is 0 Å². The van der Waals surface area contributed by atoms with Gasteiger partial charge in [0.25, 0.3) is 0 Å². The first-order valence-corrected chi connectivity index (χ1v) is 0. The summed E-state index contributed by atoms with van der Waals surface area (Å²) in [5.41, 5.74) is 0. The molecule has 0 saturated heterocycles. The third kappa shape index (κ3) is 143. The molecule has 0 amide bonds. The summed E-state index contributed by atoms with van der Waals surface area (Å²) in [4.78, 5) is 0. The van der Waals surface area contributed by atoms with Crippen molar-refractivity contribution in [2.45, 2.75) is 0 Å². The molecule has 88 valence electrons. The zero-order valence-corrected chi connectivity index (χ0v) is 35.0. The van der Waals surface area contributed by atoms with Crippen molar-refractivity contribution in [1.82, 2.24) is 0 Å². The van der Waals surface area contributed by atoms with E-state index in [0.29, 0.717) is 0 Å². The summed E-state index contributed by atoms with van der Waals surface area (Å²) in [6.07, 6.45) is 0. The van der Waals surface area contributed by atoms with Gasteiger partial charge in [-0.25, -0.2) is 0 Å². The molecular weight excluding hydrogens is 503 g/mol. The molecule has 0 aromatic rings. The monoisotopic (exact) mass is 516 g/mol. The van der Waals surface area contributed by atoms with Gasteiger partial charge in [-0.2, -0.15) is 0 Å². The molecule has 0 bridgehead atoms. The molecule has 0 N–H and O–H groups in total. The van der Waals surface area contributed by atoms with E-state index < -0.39 is 0 Å². The molecule has 0 aromatic carbocycles. The van der Waals surface area contributed by atoms with Gasteiger partial charge in [0.2, 0.25) is 0 Å². The average Bonchev–Trinajstić information content (AvgIpc) is 0. The minimum atomic E-state index is 0. The Hall–Kier alpha value is 10.6. The third-order valence-corrected chi connectivity index (χ3v) is 0. The quantitative estimate of drug-likeness (QED) is 0.279. The van der Waals surface area contributed by atoms with Crippen LogP contribution in [0.4, 0.5) is 0 Å². The van der Waals surface area contributed by atoms with Crippen LogP contribution in [0.15, 0.2) is 0 Å². The summed E-state index contributed by atoms with van der Waals surface area (Å²) < 4.78 is 0. The SMILES string of the molecule is Cl.Cl.Cl.Cl.Cl.Cl.Cl.Cl.Cl.[H-].[H-].[H-].[H-].[H-].[H-].[H-].[H-].[Na+].[Na+].[Na+].[Na+].[Na+].[Na+].[Na+].[Na+]. The first-order chi connectivity index (χ1) is 0. The topological polar surface area (TPSA) is 0 Å². The van der Waals surface area contributed by atoms with Crippen LogP contribution in [0.3, 0.4) is 0 Å². The summed E-state index contributed by atoms with van der Waals surface area (Å²) in [5, 5.41) is 0. The van der Waals surface area contributed by atoms with Gasteiger partial charge in [-0.3, -0.25) is 0 Å².